The van der Waals surface area contributed by atoms with E-state index in [4.69, 9.17) is 5.11 Å². The highest BCUT2D eigenvalue weighted by Crippen LogP contribution is 2.16. The lowest BCUT2D eigenvalue weighted by atomic mass is 10.1. The summed E-state index contributed by atoms with van der Waals surface area (Å²) in [6.07, 6.45) is 3.05. The molecule has 1 aliphatic heterocycles. The Labute approximate surface area is 118 Å². The molecule has 8 heteroatoms. The van der Waals surface area contributed by atoms with E-state index in [1.807, 2.05) is 7.05 Å². The molecule has 0 amide bonds. The van der Waals surface area contributed by atoms with E-state index in [0.717, 1.165) is 19.4 Å². The largest absolute Gasteiger partial charge is 0.477 e. The average molecular weight is 301 g/mol. The Morgan fingerprint density at radius 3 is 2.70 bits per heavy atom. The zero-order valence-corrected chi connectivity index (χ0v) is 12.4. The maximum absolute atomic E-state index is 12.3. The molecule has 0 saturated carbocycles. The minimum Gasteiger partial charge on any atom is -0.477 e. The monoisotopic (exact) mass is 301 g/mol. The Morgan fingerprint density at radius 1 is 1.45 bits per heavy atom. The van der Waals surface area contributed by atoms with Crippen LogP contribution in [0, 0.1) is 0 Å². The number of hydrogen-bond acceptors (Lipinski definition) is 4. The van der Waals surface area contributed by atoms with Gasteiger partial charge in [0.25, 0.3) is 0 Å². The van der Waals surface area contributed by atoms with Gasteiger partial charge in [0.05, 0.1) is 0 Å². The zero-order valence-electron chi connectivity index (χ0n) is 11.5. The van der Waals surface area contributed by atoms with E-state index in [2.05, 4.69) is 9.62 Å². The van der Waals surface area contributed by atoms with E-state index in [1.54, 1.807) is 0 Å². The molecule has 20 heavy (non-hydrogen) atoms. The number of aromatic carboxylic acids is 1. The third-order valence-corrected chi connectivity index (χ3v) is 4.94. The number of piperidine rings is 1. The molecule has 1 aliphatic rings. The molecule has 1 aromatic rings. The first-order valence-electron chi connectivity index (χ1n) is 6.40. The van der Waals surface area contributed by atoms with Gasteiger partial charge in [-0.1, -0.05) is 0 Å². The molecule has 1 atom stereocenters. The maximum Gasteiger partial charge on any atom is 0.352 e. The summed E-state index contributed by atoms with van der Waals surface area (Å²) in [5.41, 5.74) is -0.0499. The lowest BCUT2D eigenvalue weighted by Crippen LogP contribution is -2.46. The number of hydrogen-bond donors (Lipinski definition) is 2. The molecule has 112 valence electrons. The van der Waals surface area contributed by atoms with Crippen LogP contribution in [0.25, 0.3) is 0 Å². The highest BCUT2D eigenvalue weighted by atomic mass is 32.2. The van der Waals surface area contributed by atoms with E-state index in [9.17, 15) is 13.2 Å². The Bertz CT molecular complexity index is 608. The summed E-state index contributed by atoms with van der Waals surface area (Å²) in [5, 5.41) is 8.96. The Morgan fingerprint density at radius 2 is 2.15 bits per heavy atom. The van der Waals surface area contributed by atoms with Gasteiger partial charge < -0.3 is 14.6 Å². The van der Waals surface area contributed by atoms with E-state index in [-0.39, 0.29) is 16.6 Å². The highest BCUT2D eigenvalue weighted by molar-refractivity contribution is 7.89. The highest BCUT2D eigenvalue weighted by Gasteiger charge is 2.25. The molecular weight excluding hydrogens is 282 g/mol. The maximum atomic E-state index is 12.3. The second kappa shape index (κ2) is 5.55. The van der Waals surface area contributed by atoms with Gasteiger partial charge in [-0.25, -0.2) is 17.9 Å². The molecule has 0 aliphatic carbocycles. The Hall–Kier alpha value is -1.38. The van der Waals surface area contributed by atoms with Crippen LogP contribution in [0.5, 0.6) is 0 Å². The van der Waals surface area contributed by atoms with Crippen LogP contribution >= 0.6 is 0 Å². The van der Waals surface area contributed by atoms with E-state index in [1.165, 1.54) is 23.9 Å². The topological polar surface area (TPSA) is 91.6 Å². The zero-order chi connectivity index (χ0) is 14.9. The van der Waals surface area contributed by atoms with Crippen LogP contribution in [0.4, 0.5) is 0 Å². The number of rotatable bonds is 4. The number of nitrogens with one attached hydrogen (secondary N) is 1. The molecule has 0 radical (unpaired) electrons. The molecule has 0 bridgehead atoms. The number of carboxylic acid groups (broad SMARTS) is 1. The summed E-state index contributed by atoms with van der Waals surface area (Å²) in [6, 6.07) is 1.05. The molecule has 1 fully saturated rings. The fourth-order valence-corrected chi connectivity index (χ4v) is 3.77. The smallest absolute Gasteiger partial charge is 0.352 e. The fraction of sp³-hybridized carbons (Fsp3) is 0.583. The molecule has 2 heterocycles. The van der Waals surface area contributed by atoms with Gasteiger partial charge in [-0.3, -0.25) is 0 Å². The van der Waals surface area contributed by atoms with Gasteiger partial charge in [0.1, 0.15) is 10.6 Å². The van der Waals surface area contributed by atoms with Gasteiger partial charge in [-0.2, -0.15) is 0 Å². The van der Waals surface area contributed by atoms with Crippen LogP contribution in [0.1, 0.15) is 23.3 Å². The molecule has 1 aromatic heterocycles. The molecule has 7 nitrogen and oxygen atoms in total. The third-order valence-electron chi connectivity index (χ3n) is 3.46. The molecule has 2 rings (SSSR count). The lowest BCUT2D eigenvalue weighted by Gasteiger charge is -2.29. The summed E-state index contributed by atoms with van der Waals surface area (Å²) in [6.45, 7) is 1.63. The summed E-state index contributed by atoms with van der Waals surface area (Å²) in [4.78, 5) is 13.0. The number of aryl methyl sites for hydroxylation is 1. The lowest BCUT2D eigenvalue weighted by molar-refractivity contribution is 0.0686. The van der Waals surface area contributed by atoms with Crippen LogP contribution in [0.2, 0.25) is 0 Å². The Balaban J connectivity index is 2.18. The second-order valence-electron chi connectivity index (χ2n) is 5.20. The predicted molar refractivity (Wildman–Crippen MR) is 73.2 cm³/mol. The average Bonchev–Trinajstić information content (AvgIpc) is 2.71. The van der Waals surface area contributed by atoms with E-state index >= 15 is 0 Å². The number of nitrogens with zero attached hydrogens (tertiary/aromatic N) is 2. The van der Waals surface area contributed by atoms with Gasteiger partial charge in [0.2, 0.25) is 10.0 Å². The van der Waals surface area contributed by atoms with Crippen LogP contribution in [-0.4, -0.2) is 55.1 Å². The standard InChI is InChI=1S/C12H19N3O4S/c1-14-5-3-4-9(7-14)13-20(18,19)10-6-11(12(16)17)15(2)8-10/h6,8-9,13H,3-5,7H2,1-2H3,(H,16,17). The molecule has 2 N–H and O–H groups in total. The van der Waals surface area contributed by atoms with Gasteiger partial charge in [0.15, 0.2) is 0 Å². The van der Waals surface area contributed by atoms with Gasteiger partial charge >= 0.3 is 5.97 Å². The van der Waals surface area contributed by atoms with E-state index < -0.39 is 16.0 Å². The van der Waals surface area contributed by atoms with Crippen LogP contribution in [0.15, 0.2) is 17.2 Å². The summed E-state index contributed by atoms with van der Waals surface area (Å²) in [7, 11) is -0.219. The number of carbonyl (C=O) groups is 1. The third kappa shape index (κ3) is 3.20. The first kappa shape index (κ1) is 15.0. The fourth-order valence-electron chi connectivity index (χ4n) is 2.44. The molecule has 1 unspecified atom stereocenters. The Kier molecular flexibility index (Phi) is 4.17. The van der Waals surface area contributed by atoms with Crippen molar-refractivity contribution < 1.29 is 18.3 Å². The molecule has 1 saturated heterocycles. The summed E-state index contributed by atoms with van der Waals surface area (Å²) in [5.74, 6) is -1.15. The molecule has 0 spiro atoms. The minimum absolute atomic E-state index is 0.00868. The quantitative estimate of drug-likeness (QED) is 0.823. The predicted octanol–water partition coefficient (Wildman–Crippen LogP) is 0.0958. The normalized spacial score (nSPS) is 21.0. The van der Waals surface area contributed by atoms with Crippen molar-refractivity contribution in [2.75, 3.05) is 20.1 Å². The number of aromatic nitrogens is 1. The van der Waals surface area contributed by atoms with Crippen molar-refractivity contribution in [1.29, 1.82) is 0 Å². The number of likely N-dealkylation sites (tertiary alicyclic amines) is 1. The first-order valence-corrected chi connectivity index (χ1v) is 7.88. The second-order valence-corrected chi connectivity index (χ2v) is 6.91. The number of likely N-dealkylation sites (N-methyl/N-ethyl adjacent to an activating group) is 1. The van der Waals surface area contributed by atoms with Crippen molar-refractivity contribution in [2.45, 2.75) is 23.8 Å². The van der Waals surface area contributed by atoms with Crippen molar-refractivity contribution in [1.82, 2.24) is 14.2 Å². The van der Waals surface area contributed by atoms with Crippen molar-refractivity contribution in [3.63, 3.8) is 0 Å². The van der Waals surface area contributed by atoms with Gasteiger partial charge in [0, 0.05) is 25.8 Å². The van der Waals surface area contributed by atoms with Crippen molar-refractivity contribution >= 4 is 16.0 Å². The van der Waals surface area contributed by atoms with Gasteiger partial charge in [-0.15, -0.1) is 0 Å². The van der Waals surface area contributed by atoms with Crippen molar-refractivity contribution in [2.24, 2.45) is 7.05 Å². The van der Waals surface area contributed by atoms with E-state index in [0.29, 0.717) is 6.54 Å². The summed E-state index contributed by atoms with van der Waals surface area (Å²) < 4.78 is 28.5. The van der Waals surface area contributed by atoms with Crippen LogP contribution < -0.4 is 4.72 Å². The van der Waals surface area contributed by atoms with Crippen LogP contribution in [0.3, 0.4) is 0 Å². The number of sulfonamides is 1. The van der Waals surface area contributed by atoms with Crippen LogP contribution in [-0.2, 0) is 17.1 Å². The SMILES string of the molecule is CN1CCCC(NS(=O)(=O)c2cc(C(=O)O)n(C)c2)C1. The minimum atomic E-state index is -3.68. The first-order chi connectivity index (χ1) is 9.29. The van der Waals surface area contributed by atoms with Crippen molar-refractivity contribution in [3.05, 3.63) is 18.0 Å². The molecule has 0 aromatic carbocycles. The number of carboxylic acids is 1. The van der Waals surface area contributed by atoms with Crippen molar-refractivity contribution in [3.8, 4) is 0 Å². The summed E-state index contributed by atoms with van der Waals surface area (Å²) >= 11 is 0. The molecular formula is C12H19N3O4S. The van der Waals surface area contributed by atoms with Gasteiger partial charge in [-0.05, 0) is 32.5 Å².